The Labute approximate surface area is 167 Å². The van der Waals surface area contributed by atoms with Crippen LogP contribution < -0.4 is 0 Å². The Morgan fingerprint density at radius 1 is 0.269 bits per heavy atom. The Balaban J connectivity index is 3.07. The fourth-order valence-corrected chi connectivity index (χ4v) is 3.65. The van der Waals surface area contributed by atoms with Crippen LogP contribution in [0.3, 0.4) is 0 Å². The molecule has 0 amide bonds. The van der Waals surface area contributed by atoms with Gasteiger partial charge in [0, 0.05) is 0 Å². The van der Waals surface area contributed by atoms with Crippen LogP contribution in [-0.4, -0.2) is 64.3 Å². The molecule has 0 atom stereocenters. The van der Waals surface area contributed by atoms with Gasteiger partial charge in [0.1, 0.15) is 0 Å². The SMILES string of the molecule is C[N+](C)(C)CCCCCCCCCCCCCCCCCC[N+](C)(C)C. The van der Waals surface area contributed by atoms with Crippen molar-refractivity contribution in [2.24, 2.45) is 0 Å². The fraction of sp³-hybridized carbons (Fsp3) is 1.00. The van der Waals surface area contributed by atoms with Crippen LogP contribution >= 0.6 is 0 Å². The molecule has 0 rings (SSSR count). The Bertz CT molecular complexity index is 256. The Morgan fingerprint density at radius 2 is 0.423 bits per heavy atom. The summed E-state index contributed by atoms with van der Waals surface area (Å²) in [7, 11) is 13.8. The molecule has 0 aromatic rings. The van der Waals surface area contributed by atoms with Gasteiger partial charge < -0.3 is 8.97 Å². The highest BCUT2D eigenvalue weighted by atomic mass is 15.3. The van der Waals surface area contributed by atoms with Crippen LogP contribution in [0.25, 0.3) is 0 Å². The largest absolute Gasteiger partial charge is 0.331 e. The molecule has 26 heavy (non-hydrogen) atoms. The molecule has 0 aliphatic rings. The van der Waals surface area contributed by atoms with E-state index in [1.54, 1.807) is 0 Å². The van der Waals surface area contributed by atoms with Crippen molar-refractivity contribution >= 4 is 0 Å². The third-order valence-corrected chi connectivity index (χ3v) is 5.41. The zero-order chi connectivity index (χ0) is 19.7. The predicted molar refractivity (Wildman–Crippen MR) is 120 cm³/mol. The van der Waals surface area contributed by atoms with Crippen molar-refractivity contribution in [3.63, 3.8) is 0 Å². The minimum absolute atomic E-state index is 1.12. The van der Waals surface area contributed by atoms with Crippen molar-refractivity contribution in [3.05, 3.63) is 0 Å². The van der Waals surface area contributed by atoms with Gasteiger partial charge in [-0.1, -0.05) is 77.0 Å². The molecule has 0 fully saturated rings. The second-order valence-electron chi connectivity index (χ2n) is 10.7. The molecule has 0 bridgehead atoms. The Morgan fingerprint density at radius 3 is 0.577 bits per heavy atom. The molecule has 0 aromatic carbocycles. The zero-order valence-corrected chi connectivity index (χ0v) is 19.6. The second-order valence-corrected chi connectivity index (χ2v) is 10.7. The molecule has 0 aliphatic heterocycles. The summed E-state index contributed by atoms with van der Waals surface area (Å²) < 4.78 is 2.24. The second kappa shape index (κ2) is 15.9. The van der Waals surface area contributed by atoms with E-state index in [-0.39, 0.29) is 0 Å². The van der Waals surface area contributed by atoms with Crippen molar-refractivity contribution in [2.45, 2.75) is 103 Å². The minimum atomic E-state index is 1.12. The summed E-state index contributed by atoms with van der Waals surface area (Å²) in [6, 6.07) is 0. The fourth-order valence-electron chi connectivity index (χ4n) is 3.65. The van der Waals surface area contributed by atoms with Crippen LogP contribution in [-0.2, 0) is 0 Å². The van der Waals surface area contributed by atoms with Gasteiger partial charge in [-0.2, -0.15) is 0 Å². The van der Waals surface area contributed by atoms with Crippen molar-refractivity contribution < 1.29 is 8.97 Å². The van der Waals surface area contributed by atoms with E-state index in [0.29, 0.717) is 0 Å². The van der Waals surface area contributed by atoms with Crippen molar-refractivity contribution in [3.8, 4) is 0 Å². The molecule has 0 aliphatic carbocycles. The van der Waals surface area contributed by atoms with E-state index < -0.39 is 0 Å². The standard InChI is InChI=1S/C24H54N2/c1-25(2,3)23-21-19-17-15-13-11-9-7-8-10-12-14-16-18-20-22-24-26(4,5)6/h7-24H2,1-6H3/q+2. The van der Waals surface area contributed by atoms with Gasteiger partial charge in [-0.05, 0) is 25.7 Å². The summed E-state index contributed by atoms with van der Waals surface area (Å²) in [5.74, 6) is 0. The van der Waals surface area contributed by atoms with Crippen LogP contribution in [0.5, 0.6) is 0 Å². The van der Waals surface area contributed by atoms with Gasteiger partial charge in [-0.15, -0.1) is 0 Å². The maximum atomic E-state index is 2.30. The average Bonchev–Trinajstić information content (AvgIpc) is 2.51. The molecule has 0 unspecified atom stereocenters. The average molecular weight is 371 g/mol. The molecule has 158 valence electrons. The summed E-state index contributed by atoms with van der Waals surface area (Å²) in [5.41, 5.74) is 0. The van der Waals surface area contributed by atoms with Gasteiger partial charge in [-0.3, -0.25) is 0 Å². The topological polar surface area (TPSA) is 0 Å². The summed E-state index contributed by atoms with van der Waals surface area (Å²) in [4.78, 5) is 0. The molecule has 0 heterocycles. The normalized spacial score (nSPS) is 12.7. The summed E-state index contributed by atoms with van der Waals surface area (Å²) in [6.07, 6.45) is 23.3. The first-order valence-electron chi connectivity index (χ1n) is 11.8. The molecule has 2 nitrogen and oxygen atoms in total. The molecule has 0 N–H and O–H groups in total. The summed E-state index contributed by atoms with van der Waals surface area (Å²) >= 11 is 0. The molecule has 0 saturated carbocycles. The van der Waals surface area contributed by atoms with E-state index >= 15 is 0 Å². The van der Waals surface area contributed by atoms with Gasteiger partial charge in [0.25, 0.3) is 0 Å². The van der Waals surface area contributed by atoms with E-state index in [2.05, 4.69) is 42.3 Å². The first-order valence-corrected chi connectivity index (χ1v) is 11.8. The van der Waals surface area contributed by atoms with Crippen LogP contribution in [0.2, 0.25) is 0 Å². The third-order valence-electron chi connectivity index (χ3n) is 5.41. The number of hydrogen-bond acceptors (Lipinski definition) is 0. The van der Waals surface area contributed by atoms with E-state index in [0.717, 1.165) is 8.97 Å². The highest BCUT2D eigenvalue weighted by Gasteiger charge is 2.05. The molecule has 2 heteroatoms. The van der Waals surface area contributed by atoms with Crippen molar-refractivity contribution in [1.29, 1.82) is 0 Å². The maximum absolute atomic E-state index is 2.30. The summed E-state index contributed by atoms with van der Waals surface area (Å²) in [5, 5.41) is 0. The Hall–Kier alpha value is -0.0800. The lowest BCUT2D eigenvalue weighted by molar-refractivity contribution is -0.870. The van der Waals surface area contributed by atoms with Gasteiger partial charge in [0.2, 0.25) is 0 Å². The number of hydrogen-bond donors (Lipinski definition) is 0. The van der Waals surface area contributed by atoms with Gasteiger partial charge in [0.15, 0.2) is 0 Å². The van der Waals surface area contributed by atoms with Gasteiger partial charge >= 0.3 is 0 Å². The smallest absolute Gasteiger partial charge is 0.0780 e. The highest BCUT2D eigenvalue weighted by Crippen LogP contribution is 2.14. The lowest BCUT2D eigenvalue weighted by Gasteiger charge is -2.23. The quantitative estimate of drug-likeness (QED) is 0.176. The molecule has 0 radical (unpaired) electrons. The number of unbranched alkanes of at least 4 members (excludes halogenated alkanes) is 15. The number of quaternary nitrogens is 2. The lowest BCUT2D eigenvalue weighted by atomic mass is 10.0. The molecule has 0 spiro atoms. The van der Waals surface area contributed by atoms with Gasteiger partial charge in [-0.25, -0.2) is 0 Å². The zero-order valence-electron chi connectivity index (χ0n) is 19.6. The first-order chi connectivity index (χ1) is 12.2. The Kier molecular flexibility index (Phi) is 15.9. The maximum Gasteiger partial charge on any atom is 0.0780 e. The monoisotopic (exact) mass is 370 g/mol. The van der Waals surface area contributed by atoms with E-state index in [4.69, 9.17) is 0 Å². The molecule has 0 saturated heterocycles. The third kappa shape index (κ3) is 23.9. The summed E-state index contributed by atoms with van der Waals surface area (Å²) in [6.45, 7) is 2.66. The molecular weight excluding hydrogens is 316 g/mol. The van der Waals surface area contributed by atoms with Gasteiger partial charge in [0.05, 0.1) is 55.4 Å². The number of rotatable bonds is 19. The van der Waals surface area contributed by atoms with Crippen LogP contribution in [0.1, 0.15) is 103 Å². The number of nitrogens with zero attached hydrogens (tertiary/aromatic N) is 2. The molecule has 0 aromatic heterocycles. The van der Waals surface area contributed by atoms with E-state index in [1.165, 1.54) is 116 Å². The van der Waals surface area contributed by atoms with E-state index in [9.17, 15) is 0 Å². The highest BCUT2D eigenvalue weighted by molar-refractivity contribution is 4.50. The van der Waals surface area contributed by atoms with Crippen LogP contribution in [0, 0.1) is 0 Å². The molecular formula is C24H54N2+2. The van der Waals surface area contributed by atoms with Crippen LogP contribution in [0.4, 0.5) is 0 Å². The van der Waals surface area contributed by atoms with Crippen molar-refractivity contribution in [2.75, 3.05) is 55.4 Å². The minimum Gasteiger partial charge on any atom is -0.331 e. The lowest BCUT2D eigenvalue weighted by Crippen LogP contribution is -2.35. The first kappa shape index (κ1) is 25.9. The van der Waals surface area contributed by atoms with Crippen LogP contribution in [0.15, 0.2) is 0 Å². The van der Waals surface area contributed by atoms with Crippen molar-refractivity contribution in [1.82, 2.24) is 0 Å². The predicted octanol–water partition coefficient (Wildman–Crippen LogP) is 6.64. The van der Waals surface area contributed by atoms with E-state index in [1.807, 2.05) is 0 Å².